The number of carbonyl (C=O) groups is 6. The number of carbonyl (C=O) groups excluding carboxylic acids is 1. The Balaban J connectivity index is 0.000000119. The average molecular weight is 1670 g/mol. The third-order valence-corrected chi connectivity index (χ3v) is 24.3. The highest BCUT2D eigenvalue weighted by molar-refractivity contribution is 7.18. The first-order valence-electron chi connectivity index (χ1n) is 35.7. The molecule has 26 heteroatoms. The lowest BCUT2D eigenvalue weighted by Crippen LogP contribution is -1.96. The summed E-state index contributed by atoms with van der Waals surface area (Å²) in [5, 5.41) is 60.7. The second-order valence-corrected chi connectivity index (χ2v) is 32.3. The molecule has 0 saturated heterocycles. The largest absolute Gasteiger partial charge is 0.477 e. The number of carboxylic acids is 5. The molecule has 12 aromatic heterocycles. The number of nitrogens with one attached hydrogen (secondary N) is 6. The smallest absolute Gasteiger partial charge is 0.352 e. The minimum atomic E-state index is -0.972. The topological polar surface area (TPSA) is 311 Å². The Hall–Kier alpha value is -11.8. The maximum Gasteiger partial charge on any atom is 0.352 e. The Labute approximate surface area is 686 Å². The van der Waals surface area contributed by atoms with Gasteiger partial charge in [0.2, 0.25) is 0 Å². The van der Waals surface area contributed by atoms with Crippen molar-refractivity contribution in [2.24, 2.45) is 0 Å². The van der Waals surface area contributed by atoms with Crippen molar-refractivity contribution in [1.82, 2.24) is 29.9 Å². The summed E-state index contributed by atoms with van der Waals surface area (Å²) in [4.78, 5) is 86.8. The highest BCUT2D eigenvalue weighted by Crippen LogP contribution is 2.34. The number of aromatic nitrogens is 6. The first kappa shape index (κ1) is 80.3. The van der Waals surface area contributed by atoms with Crippen molar-refractivity contribution in [2.75, 3.05) is 0 Å². The summed E-state index contributed by atoms with van der Waals surface area (Å²) in [5.41, 5.74) is 19.4. The van der Waals surface area contributed by atoms with Gasteiger partial charge in [0, 0.05) is 56.2 Å². The molecule has 0 amide bonds. The van der Waals surface area contributed by atoms with E-state index < -0.39 is 29.8 Å². The van der Waals surface area contributed by atoms with E-state index in [1.165, 1.54) is 56.1 Å². The highest BCUT2D eigenvalue weighted by atomic mass is 35.5. The van der Waals surface area contributed by atoms with Crippen LogP contribution in [0.15, 0.2) is 238 Å². The highest BCUT2D eigenvalue weighted by Gasteiger charge is 2.19. The number of fused-ring (bicyclic) bond motifs is 6. The maximum atomic E-state index is 11.4. The van der Waals surface area contributed by atoms with Gasteiger partial charge in [-0.1, -0.05) is 162 Å². The zero-order chi connectivity index (χ0) is 79.9. The van der Waals surface area contributed by atoms with Crippen LogP contribution in [0, 0.1) is 0 Å². The number of benzene rings is 6. The van der Waals surface area contributed by atoms with Gasteiger partial charge in [-0.15, -0.1) is 56.7 Å². The zero-order valence-electron chi connectivity index (χ0n) is 60.6. The number of aromatic carboxylic acids is 5. The van der Waals surface area contributed by atoms with Crippen LogP contribution in [-0.2, 0) is 57.8 Å². The summed E-state index contributed by atoms with van der Waals surface area (Å²) in [7, 11) is 0. The Morgan fingerprint density at radius 3 is 1.08 bits per heavy atom. The van der Waals surface area contributed by atoms with Crippen molar-refractivity contribution in [1.29, 1.82) is 0 Å². The van der Waals surface area contributed by atoms with E-state index in [-0.39, 0.29) is 34.3 Å². The average Bonchev–Trinajstić information content (AvgIpc) is 1.65. The van der Waals surface area contributed by atoms with Crippen LogP contribution < -0.4 is 0 Å². The fourth-order valence-corrected chi connectivity index (χ4v) is 18.0. The van der Waals surface area contributed by atoms with Gasteiger partial charge in [-0.3, -0.25) is 4.79 Å². The molecule has 114 heavy (non-hydrogen) atoms. The van der Waals surface area contributed by atoms with E-state index in [1.807, 2.05) is 133 Å². The fraction of sp³-hybridized carbons (Fsp3) is 0.114. The molecule has 6 aromatic carbocycles. The van der Waals surface area contributed by atoms with Crippen LogP contribution in [-0.4, -0.2) is 91.1 Å². The number of H-pyrrole nitrogens is 6. The van der Waals surface area contributed by atoms with E-state index in [4.69, 9.17) is 64.8 Å². The van der Waals surface area contributed by atoms with Crippen LogP contribution in [0.4, 0.5) is 0 Å². The van der Waals surface area contributed by atoms with Crippen molar-refractivity contribution in [3.05, 3.63) is 349 Å². The number of Topliss-reactive ketones (excluding diaryl/α,β-unsaturated/α-hetero) is 1. The number of ketones is 1. The summed E-state index contributed by atoms with van der Waals surface area (Å²) >= 11 is 25.5. The molecule has 12 heterocycles. The summed E-state index contributed by atoms with van der Waals surface area (Å²) in [6, 6.07) is 64.3. The van der Waals surface area contributed by atoms with Gasteiger partial charge in [-0.2, -0.15) is 0 Å². The van der Waals surface area contributed by atoms with Crippen LogP contribution in [0.1, 0.15) is 137 Å². The lowest BCUT2D eigenvalue weighted by molar-refractivity contribution is 0.0681. The van der Waals surface area contributed by atoms with Gasteiger partial charge in [0.1, 0.15) is 43.0 Å². The van der Waals surface area contributed by atoms with E-state index in [1.54, 1.807) is 94.1 Å². The summed E-state index contributed by atoms with van der Waals surface area (Å²) in [6.07, 6.45) is 9.54. The van der Waals surface area contributed by atoms with Crippen LogP contribution in [0.3, 0.4) is 0 Å². The number of aromatic amines is 6. The van der Waals surface area contributed by atoms with Crippen molar-refractivity contribution in [2.45, 2.75) is 64.7 Å². The van der Waals surface area contributed by atoms with Crippen molar-refractivity contribution in [3.63, 3.8) is 0 Å². The van der Waals surface area contributed by atoms with Gasteiger partial charge in [0.05, 0.1) is 37.9 Å². The van der Waals surface area contributed by atoms with E-state index >= 15 is 0 Å². The molecule has 11 N–H and O–H groups in total. The molecular formula is C88H71Cl3N6O12S5. The van der Waals surface area contributed by atoms with Crippen molar-refractivity contribution in [3.8, 4) is 0 Å². The molecule has 0 aliphatic rings. The number of thiophene rings is 5. The SMILES string of the molecule is CC(=O)c1cc2c(Cc3ccc(Cl)cc3)csc2[nH]1.O=C(O)c1cc2c(CCc3ccc(Cl)cc3)csc2[nH]1.O=C(O)c1cc2c(Cc3ccccc3)csc2[nH]1.O=C(O)c1cc2occ(CCc3ccccc3)c2[nH]1.O=C(O)c1cc2scc(CCc3ccccc3)c2[nH]1.O=C(O)c1cc2scc(Cc3ccc(Cl)cc3)c2[nH]1. The lowest BCUT2D eigenvalue weighted by Gasteiger charge is -2.00. The number of rotatable bonds is 21. The number of aryl methyl sites for hydroxylation is 6. The number of hydrogen-bond donors (Lipinski definition) is 11. The maximum absolute atomic E-state index is 11.4. The molecule has 0 radical (unpaired) electrons. The molecule has 18 aromatic rings. The number of furan rings is 1. The Morgan fingerprint density at radius 1 is 0.316 bits per heavy atom. The third kappa shape index (κ3) is 20.5. The summed E-state index contributed by atoms with van der Waals surface area (Å²) < 4.78 is 7.36. The van der Waals surface area contributed by atoms with Gasteiger partial charge >= 0.3 is 29.8 Å². The second kappa shape index (κ2) is 37.3. The molecule has 18 nitrogen and oxygen atoms in total. The standard InChI is InChI=1S/C15H12ClNO2S.C15H12ClNOS.C15H13NO3.C15H13NO2S.C14H10ClNO2S.C14H11NO2S/c16-11-5-2-9(3-6-11)1-4-10-8-20-14-12(10)7-13(17-14)15(18)19;1-9(18)14-7-13-11(8-19-15(13)17-14)6-10-2-4-12(16)5-3-10;2*17-15(18)12-8-13-14(16-12)11(9-19-13)7-6-10-4-2-1-3-5-10;15-10-3-1-8(2-4-10)5-9-7-19-12-6-11(14(17)18)16-13(9)12;16-14(17)12-7-11-10(8-18-13(11)15-12)6-9-4-2-1-3-5-9/h2-3,5-8,17H,1,4H2,(H,18,19);2-5,7-8,17H,6H2,1H3;2*1-5,8-9,16H,6-7H2,(H,17,18);1-4,6-7,16H,5H2,(H,17,18);1-5,7-8,15H,6H2,(H,16,17). The number of halogens is 3. The molecule has 18 rings (SSSR count). The second-order valence-electron chi connectivity index (χ2n) is 26.6. The third-order valence-electron chi connectivity index (χ3n) is 18.7. The minimum absolute atomic E-state index is 0.0702. The molecule has 0 aliphatic carbocycles. The van der Waals surface area contributed by atoms with Crippen LogP contribution >= 0.6 is 91.5 Å². The fourth-order valence-electron chi connectivity index (χ4n) is 12.7. The van der Waals surface area contributed by atoms with Gasteiger partial charge in [-0.25, -0.2) is 24.0 Å². The van der Waals surface area contributed by atoms with Crippen LogP contribution in [0.5, 0.6) is 0 Å². The Morgan fingerprint density at radius 2 is 0.632 bits per heavy atom. The zero-order valence-corrected chi connectivity index (χ0v) is 67.0. The molecule has 0 bridgehead atoms. The lowest BCUT2D eigenvalue weighted by atomic mass is 10.1. The molecule has 0 aliphatic heterocycles. The van der Waals surface area contributed by atoms with E-state index in [9.17, 15) is 28.8 Å². The predicted molar refractivity (Wildman–Crippen MR) is 461 cm³/mol. The van der Waals surface area contributed by atoms with Gasteiger partial charge < -0.3 is 59.9 Å². The summed E-state index contributed by atoms with van der Waals surface area (Å²) in [5.74, 6) is -4.57. The Bertz CT molecular complexity index is 6100. The number of hydrogen-bond acceptors (Lipinski definition) is 12. The van der Waals surface area contributed by atoms with Gasteiger partial charge in [0.25, 0.3) is 0 Å². The predicted octanol–water partition coefficient (Wildman–Crippen LogP) is 23.7. The monoisotopic (exact) mass is 1670 g/mol. The van der Waals surface area contributed by atoms with E-state index in [0.717, 1.165) is 141 Å². The Kier molecular flexibility index (Phi) is 26.2. The minimum Gasteiger partial charge on any atom is -0.477 e. The first-order chi connectivity index (χ1) is 55.1. The van der Waals surface area contributed by atoms with Crippen LogP contribution in [0.25, 0.3) is 62.2 Å². The van der Waals surface area contributed by atoms with Gasteiger partial charge in [-0.05, 0) is 206 Å². The first-order valence-corrected chi connectivity index (χ1v) is 41.2. The van der Waals surface area contributed by atoms with Crippen molar-refractivity contribution >= 4 is 189 Å². The normalized spacial score (nSPS) is 11.0. The molecule has 0 unspecified atom stereocenters. The summed E-state index contributed by atoms with van der Waals surface area (Å²) in [6.45, 7) is 1.58. The quantitative estimate of drug-likeness (QED) is 0.0299. The van der Waals surface area contributed by atoms with Gasteiger partial charge in [0.15, 0.2) is 11.4 Å². The molecule has 0 spiro atoms. The number of carboxylic acid groups (broad SMARTS) is 5. The van der Waals surface area contributed by atoms with E-state index in [2.05, 4.69) is 93.2 Å². The van der Waals surface area contributed by atoms with E-state index in [0.29, 0.717) is 16.3 Å². The molecule has 0 fully saturated rings. The molecule has 0 saturated carbocycles. The molecule has 576 valence electrons. The van der Waals surface area contributed by atoms with Crippen molar-refractivity contribution < 1.29 is 58.7 Å². The van der Waals surface area contributed by atoms with Crippen LogP contribution in [0.2, 0.25) is 15.1 Å². The molecular weight excluding hydrogens is 1600 g/mol. The molecule has 0 atom stereocenters.